The van der Waals surface area contributed by atoms with Crippen LogP contribution in [-0.4, -0.2) is 12.1 Å². The first-order valence-electron chi connectivity index (χ1n) is 5.94. The minimum atomic E-state index is -1.57. The summed E-state index contributed by atoms with van der Waals surface area (Å²) in [6.45, 7) is 0. The molecule has 5 heteroatoms. The molecular weight excluding hydrogens is 317 g/mol. The van der Waals surface area contributed by atoms with Gasteiger partial charge in [-0.2, -0.15) is 0 Å². The van der Waals surface area contributed by atoms with E-state index in [4.69, 9.17) is 39.5 Å². The van der Waals surface area contributed by atoms with Crippen molar-refractivity contribution in [3.8, 4) is 5.75 Å². The molecule has 0 bridgehead atoms. The Kier molecular flexibility index (Phi) is 3.41. The van der Waals surface area contributed by atoms with E-state index in [2.05, 4.69) is 4.98 Å². The molecule has 0 radical (unpaired) electrons. The van der Waals surface area contributed by atoms with Gasteiger partial charge in [-0.1, -0.05) is 59.1 Å². The normalized spacial score (nSPS) is 12.0. The molecule has 20 heavy (non-hydrogen) atoms. The molecule has 3 aromatic rings. The summed E-state index contributed by atoms with van der Waals surface area (Å²) in [5.41, 5.74) is 1.17. The predicted octanol–water partition coefficient (Wildman–Crippen LogP) is 5.22. The molecule has 2 aromatic carbocycles. The van der Waals surface area contributed by atoms with Crippen LogP contribution in [0.5, 0.6) is 5.75 Å². The SMILES string of the molecule is COc1ccc2c(c1)nc(C(Cl)(Cl)Cl)c1ccccc12. The number of nitrogens with zero attached hydrogens (tertiary/aromatic N) is 1. The molecule has 0 saturated heterocycles. The number of ether oxygens (including phenoxy) is 1. The number of rotatable bonds is 1. The minimum absolute atomic E-state index is 0.429. The lowest BCUT2D eigenvalue weighted by Gasteiger charge is -2.15. The maximum Gasteiger partial charge on any atom is 0.233 e. The van der Waals surface area contributed by atoms with Crippen LogP contribution in [0.4, 0.5) is 0 Å². The average molecular weight is 327 g/mol. The maximum absolute atomic E-state index is 6.05. The molecule has 0 unspecified atom stereocenters. The Morgan fingerprint density at radius 2 is 1.65 bits per heavy atom. The Balaban J connectivity index is 2.48. The average Bonchev–Trinajstić information content (AvgIpc) is 2.44. The van der Waals surface area contributed by atoms with Crippen LogP contribution in [0.25, 0.3) is 21.7 Å². The monoisotopic (exact) mass is 325 g/mol. The molecule has 0 spiro atoms. The third-order valence-electron chi connectivity index (χ3n) is 3.18. The number of benzene rings is 2. The van der Waals surface area contributed by atoms with E-state index in [1.807, 2.05) is 42.5 Å². The zero-order valence-corrected chi connectivity index (χ0v) is 12.8. The van der Waals surface area contributed by atoms with Crippen LogP contribution < -0.4 is 4.74 Å². The summed E-state index contributed by atoms with van der Waals surface area (Å²) in [4.78, 5) is 4.51. The summed E-state index contributed by atoms with van der Waals surface area (Å²) in [6.07, 6.45) is 0. The fourth-order valence-corrected chi connectivity index (χ4v) is 2.71. The highest BCUT2D eigenvalue weighted by Crippen LogP contribution is 2.42. The Morgan fingerprint density at radius 1 is 0.950 bits per heavy atom. The van der Waals surface area contributed by atoms with E-state index in [1.165, 1.54) is 0 Å². The summed E-state index contributed by atoms with van der Waals surface area (Å²) in [7, 11) is 1.61. The van der Waals surface area contributed by atoms with Gasteiger partial charge in [0.2, 0.25) is 3.79 Å². The van der Waals surface area contributed by atoms with E-state index in [0.717, 1.165) is 27.4 Å². The number of halogens is 3. The fourth-order valence-electron chi connectivity index (χ4n) is 2.28. The molecule has 0 aliphatic rings. The molecule has 3 rings (SSSR count). The second-order valence-electron chi connectivity index (χ2n) is 4.39. The van der Waals surface area contributed by atoms with Crippen molar-refractivity contribution >= 4 is 56.5 Å². The first-order valence-corrected chi connectivity index (χ1v) is 7.08. The van der Waals surface area contributed by atoms with Crippen LogP contribution in [0.3, 0.4) is 0 Å². The number of methoxy groups -OCH3 is 1. The van der Waals surface area contributed by atoms with Crippen molar-refractivity contribution in [2.24, 2.45) is 0 Å². The molecule has 1 heterocycles. The van der Waals surface area contributed by atoms with Crippen molar-refractivity contribution in [3.05, 3.63) is 48.2 Å². The third kappa shape index (κ3) is 2.28. The number of fused-ring (bicyclic) bond motifs is 3. The van der Waals surface area contributed by atoms with Gasteiger partial charge in [0.15, 0.2) is 0 Å². The smallest absolute Gasteiger partial charge is 0.233 e. The van der Waals surface area contributed by atoms with Crippen molar-refractivity contribution in [2.45, 2.75) is 3.79 Å². The molecule has 0 aliphatic heterocycles. The lowest BCUT2D eigenvalue weighted by atomic mass is 10.0. The van der Waals surface area contributed by atoms with Crippen LogP contribution in [0, 0.1) is 0 Å². The lowest BCUT2D eigenvalue weighted by molar-refractivity contribution is 0.415. The van der Waals surface area contributed by atoms with Crippen molar-refractivity contribution in [2.75, 3.05) is 7.11 Å². The van der Waals surface area contributed by atoms with Gasteiger partial charge in [-0.25, -0.2) is 4.98 Å². The number of hydrogen-bond donors (Lipinski definition) is 0. The highest BCUT2D eigenvalue weighted by molar-refractivity contribution is 6.67. The van der Waals surface area contributed by atoms with Crippen molar-refractivity contribution in [1.82, 2.24) is 4.98 Å². The molecular formula is C15H10Cl3NO. The van der Waals surface area contributed by atoms with Gasteiger partial charge in [0.25, 0.3) is 0 Å². The number of aromatic nitrogens is 1. The first-order chi connectivity index (χ1) is 9.50. The quantitative estimate of drug-likeness (QED) is 0.451. The molecule has 0 atom stereocenters. The molecule has 0 aliphatic carbocycles. The fraction of sp³-hybridized carbons (Fsp3) is 0.133. The van der Waals surface area contributed by atoms with E-state index in [-0.39, 0.29) is 0 Å². The summed E-state index contributed by atoms with van der Waals surface area (Å²) >= 11 is 18.1. The van der Waals surface area contributed by atoms with E-state index < -0.39 is 3.79 Å². The highest BCUT2D eigenvalue weighted by atomic mass is 35.6. The van der Waals surface area contributed by atoms with Crippen molar-refractivity contribution < 1.29 is 4.74 Å². The zero-order chi connectivity index (χ0) is 14.3. The Bertz CT molecular complexity index is 796. The van der Waals surface area contributed by atoms with Crippen LogP contribution in [0.2, 0.25) is 0 Å². The Morgan fingerprint density at radius 3 is 2.30 bits per heavy atom. The van der Waals surface area contributed by atoms with Gasteiger partial charge in [0.05, 0.1) is 12.6 Å². The maximum atomic E-state index is 6.05. The van der Waals surface area contributed by atoms with Crippen LogP contribution in [0.1, 0.15) is 5.69 Å². The van der Waals surface area contributed by atoms with Gasteiger partial charge in [-0.3, -0.25) is 0 Å². The third-order valence-corrected chi connectivity index (χ3v) is 3.72. The second-order valence-corrected chi connectivity index (χ2v) is 6.67. The van der Waals surface area contributed by atoms with Gasteiger partial charge >= 0.3 is 0 Å². The topological polar surface area (TPSA) is 22.1 Å². The molecule has 0 amide bonds. The molecule has 0 N–H and O–H groups in total. The van der Waals surface area contributed by atoms with Gasteiger partial charge in [0, 0.05) is 16.8 Å². The van der Waals surface area contributed by atoms with Crippen LogP contribution in [0.15, 0.2) is 42.5 Å². The van der Waals surface area contributed by atoms with E-state index in [9.17, 15) is 0 Å². The minimum Gasteiger partial charge on any atom is -0.497 e. The Hall–Kier alpha value is -1.22. The van der Waals surface area contributed by atoms with Gasteiger partial charge in [-0.15, -0.1) is 0 Å². The zero-order valence-electron chi connectivity index (χ0n) is 10.5. The van der Waals surface area contributed by atoms with Crippen molar-refractivity contribution in [1.29, 1.82) is 0 Å². The number of alkyl halides is 3. The van der Waals surface area contributed by atoms with Crippen LogP contribution in [-0.2, 0) is 3.79 Å². The summed E-state index contributed by atoms with van der Waals surface area (Å²) in [6, 6.07) is 13.4. The van der Waals surface area contributed by atoms with E-state index >= 15 is 0 Å². The largest absolute Gasteiger partial charge is 0.497 e. The highest BCUT2D eigenvalue weighted by Gasteiger charge is 2.28. The molecule has 1 aromatic heterocycles. The second kappa shape index (κ2) is 4.96. The first kappa shape index (κ1) is 13.7. The van der Waals surface area contributed by atoms with Crippen molar-refractivity contribution in [3.63, 3.8) is 0 Å². The molecule has 0 saturated carbocycles. The van der Waals surface area contributed by atoms with Gasteiger partial charge < -0.3 is 4.74 Å². The molecule has 2 nitrogen and oxygen atoms in total. The molecule has 0 fully saturated rings. The standard InChI is InChI=1S/C15H10Cl3NO/c1-20-9-6-7-11-10-4-2-3-5-12(10)14(15(16,17)18)19-13(11)8-9/h2-8H,1H3. The predicted molar refractivity (Wildman–Crippen MR) is 85.0 cm³/mol. The van der Waals surface area contributed by atoms with Gasteiger partial charge in [-0.05, 0) is 17.5 Å². The van der Waals surface area contributed by atoms with Gasteiger partial charge in [0.1, 0.15) is 11.4 Å². The van der Waals surface area contributed by atoms with E-state index in [0.29, 0.717) is 5.69 Å². The lowest BCUT2D eigenvalue weighted by Crippen LogP contribution is -2.05. The van der Waals surface area contributed by atoms with E-state index in [1.54, 1.807) is 7.11 Å². The van der Waals surface area contributed by atoms with Crippen LogP contribution >= 0.6 is 34.8 Å². The Labute approximate surface area is 131 Å². The summed E-state index contributed by atoms with van der Waals surface area (Å²) < 4.78 is 3.65. The molecule has 102 valence electrons. The summed E-state index contributed by atoms with van der Waals surface area (Å²) in [5, 5.41) is 2.84. The summed E-state index contributed by atoms with van der Waals surface area (Å²) in [5.74, 6) is 0.718. The number of pyridine rings is 1. The number of hydrogen-bond acceptors (Lipinski definition) is 2.